The molecule has 1 heterocycles. The summed E-state index contributed by atoms with van der Waals surface area (Å²) in [7, 11) is 0. The Balaban J connectivity index is 2.23. The standard InChI is InChI=1S/C43H78N4O4/c1-4-6-8-10-12-14-16-18-20-22-24-26-28-30-32-34-36-50-41-45-39(43(3,38-44)40(48)49)46-42(47-41)51-37-35-33-31-29-27-25-23-21-19-17-15-13-11-9-7-5-2/h4-37H2,1-3H3,(H,48,49). The van der Waals surface area contributed by atoms with Crippen LogP contribution in [-0.2, 0) is 10.2 Å². The molecule has 1 atom stereocenters. The molecule has 294 valence electrons. The summed E-state index contributed by atoms with van der Waals surface area (Å²) in [6.07, 6.45) is 41.6. The van der Waals surface area contributed by atoms with Crippen LogP contribution in [-0.4, -0.2) is 39.2 Å². The molecule has 0 bridgehead atoms. The summed E-state index contributed by atoms with van der Waals surface area (Å²) in [5.41, 5.74) is -1.92. The van der Waals surface area contributed by atoms with Gasteiger partial charge in [0.2, 0.25) is 5.41 Å². The van der Waals surface area contributed by atoms with Gasteiger partial charge in [-0.3, -0.25) is 4.79 Å². The molecule has 0 fully saturated rings. The molecule has 1 aromatic heterocycles. The summed E-state index contributed by atoms with van der Waals surface area (Å²) in [6.45, 7) is 6.70. The van der Waals surface area contributed by atoms with Gasteiger partial charge in [-0.1, -0.05) is 206 Å². The van der Waals surface area contributed by atoms with Crippen molar-refractivity contribution in [2.75, 3.05) is 13.2 Å². The zero-order chi connectivity index (χ0) is 37.1. The van der Waals surface area contributed by atoms with Gasteiger partial charge in [-0.2, -0.15) is 15.2 Å². The number of nitrogens with zero attached hydrogens (tertiary/aromatic N) is 4. The van der Waals surface area contributed by atoms with Crippen molar-refractivity contribution in [3.8, 4) is 18.1 Å². The number of carbonyl (C=O) groups is 1. The molecule has 0 amide bonds. The lowest BCUT2D eigenvalue weighted by Gasteiger charge is -2.16. The van der Waals surface area contributed by atoms with Crippen molar-refractivity contribution < 1.29 is 19.4 Å². The average Bonchev–Trinajstić information content (AvgIpc) is 3.13. The van der Waals surface area contributed by atoms with Gasteiger partial charge in [0.25, 0.3) is 0 Å². The van der Waals surface area contributed by atoms with Crippen LogP contribution in [0.15, 0.2) is 0 Å². The molecule has 0 spiro atoms. The number of carboxylic acid groups (broad SMARTS) is 1. The number of hydrogen-bond acceptors (Lipinski definition) is 7. The highest BCUT2D eigenvalue weighted by atomic mass is 16.5. The Labute approximate surface area is 313 Å². The Bertz CT molecular complexity index is 944. The monoisotopic (exact) mass is 715 g/mol. The molecular formula is C43H78N4O4. The molecule has 1 aromatic rings. The van der Waals surface area contributed by atoms with E-state index in [1.165, 1.54) is 187 Å². The van der Waals surface area contributed by atoms with Gasteiger partial charge in [-0.05, 0) is 19.8 Å². The normalized spacial score (nSPS) is 12.4. The van der Waals surface area contributed by atoms with Crippen LogP contribution in [0, 0.1) is 11.3 Å². The Kier molecular flexibility index (Phi) is 30.5. The van der Waals surface area contributed by atoms with Crippen LogP contribution >= 0.6 is 0 Å². The van der Waals surface area contributed by atoms with Gasteiger partial charge in [-0.15, -0.1) is 4.98 Å². The minimum Gasteiger partial charge on any atom is -0.480 e. The maximum Gasteiger partial charge on any atom is 0.331 e. The fourth-order valence-electron chi connectivity index (χ4n) is 6.51. The van der Waals surface area contributed by atoms with E-state index in [1.807, 2.05) is 6.07 Å². The fraction of sp³-hybridized carbons (Fsp3) is 0.884. The van der Waals surface area contributed by atoms with Crippen LogP contribution in [0.3, 0.4) is 0 Å². The van der Waals surface area contributed by atoms with E-state index in [-0.39, 0.29) is 17.8 Å². The number of unbranched alkanes of at least 4 members (excludes halogenated alkanes) is 30. The van der Waals surface area contributed by atoms with Gasteiger partial charge in [0.15, 0.2) is 5.82 Å². The summed E-state index contributed by atoms with van der Waals surface area (Å²) in [6, 6.07) is 1.87. The Morgan fingerprint density at radius 2 is 0.765 bits per heavy atom. The highest BCUT2D eigenvalue weighted by Crippen LogP contribution is 2.24. The third-order valence-electron chi connectivity index (χ3n) is 10.2. The lowest BCUT2D eigenvalue weighted by molar-refractivity contribution is -0.141. The lowest BCUT2D eigenvalue weighted by atomic mass is 9.92. The van der Waals surface area contributed by atoms with E-state index in [4.69, 9.17) is 9.47 Å². The number of aliphatic carboxylic acids is 1. The second-order valence-electron chi connectivity index (χ2n) is 15.1. The zero-order valence-electron chi connectivity index (χ0n) is 33.5. The maximum absolute atomic E-state index is 11.9. The van der Waals surface area contributed by atoms with Crippen molar-refractivity contribution in [2.24, 2.45) is 0 Å². The second kappa shape index (κ2) is 33.4. The molecule has 0 saturated carbocycles. The minimum absolute atomic E-state index is 0.0191. The van der Waals surface area contributed by atoms with E-state index in [0.717, 1.165) is 25.7 Å². The third-order valence-corrected chi connectivity index (χ3v) is 10.2. The first-order valence-corrected chi connectivity index (χ1v) is 21.6. The van der Waals surface area contributed by atoms with Crippen LogP contribution in [0.5, 0.6) is 12.0 Å². The number of hydrogen-bond donors (Lipinski definition) is 1. The molecular weight excluding hydrogens is 636 g/mol. The van der Waals surface area contributed by atoms with E-state index in [1.54, 1.807) is 0 Å². The molecule has 1 rings (SSSR count). The Morgan fingerprint density at radius 1 is 0.510 bits per heavy atom. The Morgan fingerprint density at radius 3 is 1.00 bits per heavy atom. The summed E-state index contributed by atoms with van der Waals surface area (Å²) in [5, 5.41) is 19.4. The van der Waals surface area contributed by atoms with Crippen LogP contribution in [0.1, 0.15) is 232 Å². The molecule has 0 aromatic carbocycles. The first-order chi connectivity index (χ1) is 25.0. The third kappa shape index (κ3) is 25.2. The second-order valence-corrected chi connectivity index (χ2v) is 15.1. The largest absolute Gasteiger partial charge is 0.480 e. The first kappa shape index (κ1) is 46.6. The molecule has 1 unspecified atom stereocenters. The number of carboxylic acids is 1. The average molecular weight is 715 g/mol. The topological polar surface area (TPSA) is 118 Å². The highest BCUT2D eigenvalue weighted by molar-refractivity contribution is 5.83. The minimum atomic E-state index is -1.92. The number of rotatable bonds is 38. The van der Waals surface area contributed by atoms with Crippen LogP contribution in [0.2, 0.25) is 0 Å². The lowest BCUT2D eigenvalue weighted by Crippen LogP contribution is -2.33. The van der Waals surface area contributed by atoms with E-state index in [0.29, 0.717) is 13.2 Å². The molecule has 0 saturated heterocycles. The fourth-order valence-corrected chi connectivity index (χ4v) is 6.51. The smallest absolute Gasteiger partial charge is 0.331 e. The SMILES string of the molecule is CCCCCCCCCCCCCCCCCCOc1nc(OCCCCCCCCCCCCCCCCCC)nc(C(C)(C#N)C(=O)O)n1. The van der Waals surface area contributed by atoms with E-state index < -0.39 is 11.4 Å². The zero-order valence-corrected chi connectivity index (χ0v) is 33.5. The van der Waals surface area contributed by atoms with E-state index in [2.05, 4.69) is 28.8 Å². The summed E-state index contributed by atoms with van der Waals surface area (Å²) in [4.78, 5) is 24.6. The molecule has 0 aliphatic carbocycles. The van der Waals surface area contributed by atoms with Crippen molar-refractivity contribution in [2.45, 2.75) is 232 Å². The van der Waals surface area contributed by atoms with Crippen molar-refractivity contribution in [3.63, 3.8) is 0 Å². The van der Waals surface area contributed by atoms with Crippen molar-refractivity contribution in [3.05, 3.63) is 5.82 Å². The number of nitriles is 1. The molecule has 0 aliphatic heterocycles. The molecule has 51 heavy (non-hydrogen) atoms. The molecule has 1 N–H and O–H groups in total. The quantitative estimate of drug-likeness (QED) is 0.0672. The van der Waals surface area contributed by atoms with Crippen molar-refractivity contribution in [1.29, 1.82) is 5.26 Å². The van der Waals surface area contributed by atoms with Gasteiger partial charge >= 0.3 is 18.0 Å². The number of ether oxygens (including phenoxy) is 2. The van der Waals surface area contributed by atoms with Crippen molar-refractivity contribution in [1.82, 2.24) is 15.0 Å². The first-order valence-electron chi connectivity index (χ1n) is 21.6. The van der Waals surface area contributed by atoms with Crippen LogP contribution in [0.25, 0.3) is 0 Å². The summed E-state index contributed by atoms with van der Waals surface area (Å²) < 4.78 is 11.6. The van der Waals surface area contributed by atoms with Gasteiger partial charge in [0.1, 0.15) is 0 Å². The molecule has 8 heteroatoms. The molecule has 0 aliphatic rings. The van der Waals surface area contributed by atoms with E-state index in [9.17, 15) is 15.2 Å². The van der Waals surface area contributed by atoms with Crippen LogP contribution < -0.4 is 9.47 Å². The van der Waals surface area contributed by atoms with E-state index >= 15 is 0 Å². The molecule has 8 nitrogen and oxygen atoms in total. The summed E-state index contributed by atoms with van der Waals surface area (Å²) >= 11 is 0. The Hall–Kier alpha value is -2.43. The summed E-state index contributed by atoms with van der Waals surface area (Å²) in [5.74, 6) is -1.47. The highest BCUT2D eigenvalue weighted by Gasteiger charge is 2.40. The van der Waals surface area contributed by atoms with Gasteiger partial charge in [0.05, 0.1) is 19.3 Å². The van der Waals surface area contributed by atoms with Crippen LogP contribution in [0.4, 0.5) is 0 Å². The van der Waals surface area contributed by atoms with Crippen molar-refractivity contribution >= 4 is 5.97 Å². The van der Waals surface area contributed by atoms with Gasteiger partial charge in [-0.25, -0.2) is 0 Å². The molecule has 0 radical (unpaired) electrons. The number of aromatic nitrogens is 3. The predicted molar refractivity (Wildman–Crippen MR) is 211 cm³/mol. The predicted octanol–water partition coefficient (Wildman–Crippen LogP) is 13.0. The maximum atomic E-state index is 11.9. The van der Waals surface area contributed by atoms with Gasteiger partial charge < -0.3 is 14.6 Å². The van der Waals surface area contributed by atoms with Gasteiger partial charge in [0, 0.05) is 0 Å².